The van der Waals surface area contributed by atoms with E-state index in [1.165, 1.54) is 0 Å². The number of ether oxygens (including phenoxy) is 2. The maximum Gasteiger partial charge on any atom is 0.414 e. The summed E-state index contributed by atoms with van der Waals surface area (Å²) in [5, 5.41) is 34.9. The van der Waals surface area contributed by atoms with Crippen LogP contribution in [0.5, 0.6) is 23.0 Å². The second kappa shape index (κ2) is 12.5. The zero-order valence-corrected chi connectivity index (χ0v) is 21.8. The molecule has 4 N–H and O–H groups in total. The summed E-state index contributed by atoms with van der Waals surface area (Å²) in [5.41, 5.74) is 4.56. The molecule has 2 aliphatic rings. The highest BCUT2D eigenvalue weighted by Gasteiger charge is 2.30. The fourth-order valence-electron chi connectivity index (χ4n) is 4.71. The van der Waals surface area contributed by atoms with Crippen LogP contribution in [0.1, 0.15) is 29.7 Å². The molecule has 5 rings (SSSR count). The third kappa shape index (κ3) is 6.70. The number of aromatic hydroxyl groups is 2. The smallest absolute Gasteiger partial charge is 0.414 e. The van der Waals surface area contributed by atoms with E-state index in [4.69, 9.17) is 29.3 Å². The number of allylic oxidation sites excluding steroid dienone is 1. The van der Waals surface area contributed by atoms with E-state index < -0.39 is 11.9 Å². The van der Waals surface area contributed by atoms with Gasteiger partial charge in [0.05, 0.1) is 6.67 Å². The molecule has 0 aromatic heterocycles. The number of carboxylic acid groups (broad SMARTS) is 2. The number of aliphatic carboxylic acids is 2. The van der Waals surface area contributed by atoms with Crippen LogP contribution in [0, 0.1) is 5.92 Å². The van der Waals surface area contributed by atoms with E-state index in [1.807, 2.05) is 43.3 Å². The van der Waals surface area contributed by atoms with E-state index in [0.29, 0.717) is 12.4 Å². The Bertz CT molecular complexity index is 1390. The maximum absolute atomic E-state index is 12.6. The van der Waals surface area contributed by atoms with Crippen LogP contribution in [-0.4, -0.2) is 70.2 Å². The number of phenolic OH excluding ortho intramolecular Hbond substituents is 2. The average Bonchev–Trinajstić information content (AvgIpc) is 2.91. The summed E-state index contributed by atoms with van der Waals surface area (Å²) in [6, 6.07) is 20.1. The van der Waals surface area contributed by atoms with Crippen molar-refractivity contribution < 1.29 is 43.9 Å². The number of likely N-dealkylation sites (tertiary alicyclic amines) is 1. The van der Waals surface area contributed by atoms with Gasteiger partial charge in [0.25, 0.3) is 0 Å². The minimum atomic E-state index is -1.82. The molecule has 0 aliphatic carbocycles. The Labute approximate surface area is 230 Å². The van der Waals surface area contributed by atoms with Crippen molar-refractivity contribution in [1.82, 2.24) is 4.90 Å². The highest BCUT2D eigenvalue weighted by molar-refractivity contribution is 6.27. The first-order valence-electron chi connectivity index (χ1n) is 12.6. The summed E-state index contributed by atoms with van der Waals surface area (Å²) in [7, 11) is 0. The largest absolute Gasteiger partial charge is 0.508 e. The van der Waals surface area contributed by atoms with Gasteiger partial charge in [-0.2, -0.15) is 0 Å². The van der Waals surface area contributed by atoms with E-state index in [2.05, 4.69) is 4.90 Å². The molecule has 2 heterocycles. The zero-order valence-electron chi connectivity index (χ0n) is 21.8. The lowest BCUT2D eigenvalue weighted by Crippen LogP contribution is -2.49. The van der Waals surface area contributed by atoms with Crippen LogP contribution in [0.3, 0.4) is 0 Å². The molecule has 0 bridgehead atoms. The number of phenols is 2. The molecule has 9 nitrogen and oxygen atoms in total. The lowest BCUT2D eigenvalue weighted by molar-refractivity contribution is -0.159. The minimum Gasteiger partial charge on any atom is -0.508 e. The number of hydrogen-bond acceptors (Lipinski definition) is 7. The summed E-state index contributed by atoms with van der Waals surface area (Å²) in [6.07, 6.45) is -0.383. The Kier molecular flexibility index (Phi) is 8.90. The van der Waals surface area contributed by atoms with E-state index >= 15 is 0 Å². The van der Waals surface area contributed by atoms with Crippen molar-refractivity contribution in [3.63, 3.8) is 0 Å². The zero-order chi connectivity index (χ0) is 28.8. The molecular formula is C30H30FNO8. The quantitative estimate of drug-likeness (QED) is 0.311. The summed E-state index contributed by atoms with van der Waals surface area (Å²) in [4.78, 5) is 20.4. The number of fused-ring (bicyclic) bond motifs is 1. The van der Waals surface area contributed by atoms with Gasteiger partial charge in [-0.25, -0.2) is 9.59 Å². The Morgan fingerprint density at radius 2 is 1.65 bits per heavy atom. The lowest BCUT2D eigenvalue weighted by Gasteiger charge is -2.37. The first kappa shape index (κ1) is 28.4. The first-order chi connectivity index (χ1) is 19.2. The van der Waals surface area contributed by atoms with Gasteiger partial charge in [-0.15, -0.1) is 0 Å². The van der Waals surface area contributed by atoms with Gasteiger partial charge in [-0.1, -0.05) is 24.3 Å². The Balaban J connectivity index is 0.000000557. The van der Waals surface area contributed by atoms with Gasteiger partial charge in [-0.05, 0) is 66.1 Å². The fourth-order valence-corrected chi connectivity index (χ4v) is 4.71. The number of benzene rings is 3. The predicted molar refractivity (Wildman–Crippen MR) is 145 cm³/mol. The normalized spacial score (nSPS) is 16.6. The SMILES string of the molecule is CC1=C(c2cccc(O)c2)[C@H](c2ccc(OCCN3CC(CF)C3)cc2)Oc2ccc(O)cc21.O=C(O)C(=O)O. The molecule has 40 heavy (non-hydrogen) atoms. The van der Waals surface area contributed by atoms with Gasteiger partial charge in [0.1, 0.15) is 35.7 Å². The molecule has 1 atom stereocenters. The number of nitrogens with zero attached hydrogens (tertiary/aromatic N) is 1. The van der Waals surface area contributed by atoms with Crippen molar-refractivity contribution in [2.24, 2.45) is 5.92 Å². The lowest BCUT2D eigenvalue weighted by atomic mass is 9.86. The van der Waals surface area contributed by atoms with Gasteiger partial charge >= 0.3 is 11.9 Å². The third-order valence-corrected chi connectivity index (χ3v) is 6.73. The molecule has 0 unspecified atom stereocenters. The topological polar surface area (TPSA) is 137 Å². The molecule has 3 aromatic rings. The second-order valence-corrected chi connectivity index (χ2v) is 9.58. The highest BCUT2D eigenvalue weighted by Crippen LogP contribution is 2.47. The fraction of sp³-hybridized carbons (Fsp3) is 0.267. The van der Waals surface area contributed by atoms with E-state index in [0.717, 1.165) is 53.2 Å². The molecule has 210 valence electrons. The molecule has 0 amide bonds. The van der Waals surface area contributed by atoms with Crippen molar-refractivity contribution in [2.45, 2.75) is 13.0 Å². The Morgan fingerprint density at radius 3 is 2.27 bits per heavy atom. The van der Waals surface area contributed by atoms with Crippen LogP contribution in [0.25, 0.3) is 11.1 Å². The molecule has 3 aromatic carbocycles. The monoisotopic (exact) mass is 551 g/mol. The molecule has 10 heteroatoms. The average molecular weight is 552 g/mol. The van der Waals surface area contributed by atoms with Crippen molar-refractivity contribution in [2.75, 3.05) is 32.9 Å². The van der Waals surface area contributed by atoms with Crippen LogP contribution in [0.15, 0.2) is 66.7 Å². The molecule has 1 fully saturated rings. The number of rotatable bonds is 7. The van der Waals surface area contributed by atoms with Crippen molar-refractivity contribution in [3.05, 3.63) is 83.4 Å². The van der Waals surface area contributed by atoms with Gasteiger partial charge < -0.3 is 29.9 Å². The number of alkyl halides is 1. The first-order valence-corrected chi connectivity index (χ1v) is 12.6. The number of carbonyl (C=O) groups is 2. The van der Waals surface area contributed by atoms with Crippen LogP contribution < -0.4 is 9.47 Å². The van der Waals surface area contributed by atoms with Crippen molar-refractivity contribution in [3.8, 4) is 23.0 Å². The molecule has 2 aliphatic heterocycles. The van der Waals surface area contributed by atoms with Gasteiger partial charge in [-0.3, -0.25) is 9.29 Å². The molecule has 0 saturated carbocycles. The molecule has 1 saturated heterocycles. The van der Waals surface area contributed by atoms with Crippen LogP contribution >= 0.6 is 0 Å². The molecular weight excluding hydrogens is 521 g/mol. The van der Waals surface area contributed by atoms with Gasteiger partial charge in [0.2, 0.25) is 0 Å². The van der Waals surface area contributed by atoms with Gasteiger partial charge in [0.15, 0.2) is 0 Å². The van der Waals surface area contributed by atoms with E-state index in [-0.39, 0.29) is 30.2 Å². The van der Waals surface area contributed by atoms with Crippen molar-refractivity contribution in [1.29, 1.82) is 0 Å². The predicted octanol–water partition coefficient (Wildman–Crippen LogP) is 4.60. The summed E-state index contributed by atoms with van der Waals surface area (Å²) in [6.45, 7) is 4.72. The number of carboxylic acids is 2. The van der Waals surface area contributed by atoms with Crippen LogP contribution in [0.4, 0.5) is 4.39 Å². The Morgan fingerprint density at radius 1 is 0.975 bits per heavy atom. The van der Waals surface area contributed by atoms with E-state index in [9.17, 15) is 14.6 Å². The van der Waals surface area contributed by atoms with Gasteiger partial charge in [0, 0.05) is 36.7 Å². The minimum absolute atomic E-state index is 0.176. The summed E-state index contributed by atoms with van der Waals surface area (Å²) >= 11 is 0. The number of hydrogen-bond donors (Lipinski definition) is 4. The highest BCUT2D eigenvalue weighted by atomic mass is 19.1. The summed E-state index contributed by atoms with van der Waals surface area (Å²) in [5.74, 6) is -1.64. The maximum atomic E-state index is 12.6. The summed E-state index contributed by atoms with van der Waals surface area (Å²) < 4.78 is 24.9. The Hall–Kier alpha value is -4.57. The molecule has 0 spiro atoms. The van der Waals surface area contributed by atoms with Crippen LogP contribution in [0.2, 0.25) is 0 Å². The second-order valence-electron chi connectivity index (χ2n) is 9.58. The molecule has 0 radical (unpaired) electrons. The third-order valence-electron chi connectivity index (χ3n) is 6.73. The number of halogens is 1. The van der Waals surface area contributed by atoms with Crippen LogP contribution in [-0.2, 0) is 9.59 Å². The van der Waals surface area contributed by atoms with E-state index in [1.54, 1.807) is 30.3 Å². The van der Waals surface area contributed by atoms with Crippen molar-refractivity contribution >= 4 is 23.1 Å². The standard InChI is InChI=1S/C28H28FNO4.C2H2O4/c1-18-25-14-23(32)7-10-26(25)34-28(27(18)21-3-2-4-22(31)13-21)20-5-8-24(9-6-20)33-12-11-30-16-19(15-29)17-30;3-1(4)2(5)6/h2-10,13-14,19,28,31-32H,11-12,15-17H2,1H3;(H,3,4)(H,5,6)/t28-;/m0./s1.